The quantitative estimate of drug-likeness (QED) is 0.367. The second-order valence-electron chi connectivity index (χ2n) is 8.54. The van der Waals surface area contributed by atoms with Crippen LogP contribution in [0.2, 0.25) is 0 Å². The Kier molecular flexibility index (Phi) is 9.43. The van der Waals surface area contributed by atoms with Crippen LogP contribution in [0.3, 0.4) is 0 Å². The first kappa shape index (κ1) is 23.0. The fourth-order valence-electron chi connectivity index (χ4n) is 4.49. The molecule has 0 saturated carbocycles. The monoisotopic (exact) mass is 417 g/mol. The zero-order valence-corrected chi connectivity index (χ0v) is 18.8. The summed E-state index contributed by atoms with van der Waals surface area (Å²) in [6.45, 7) is 8.96. The molecule has 6 nitrogen and oxygen atoms in total. The van der Waals surface area contributed by atoms with E-state index in [0.717, 1.165) is 90.8 Å². The Balaban J connectivity index is 1.41. The van der Waals surface area contributed by atoms with Gasteiger partial charge in [-0.1, -0.05) is 24.3 Å². The fraction of sp³-hybridized carbons (Fsp3) is 0.708. The van der Waals surface area contributed by atoms with E-state index in [1.165, 1.54) is 11.1 Å². The van der Waals surface area contributed by atoms with E-state index in [9.17, 15) is 0 Å². The molecule has 0 amide bonds. The lowest BCUT2D eigenvalue weighted by Gasteiger charge is -2.39. The molecule has 1 aromatic carbocycles. The number of hydrogen-bond donors (Lipinski definition) is 2. The van der Waals surface area contributed by atoms with E-state index in [1.54, 1.807) is 0 Å². The first-order valence-electron chi connectivity index (χ1n) is 11.5. The van der Waals surface area contributed by atoms with Gasteiger partial charge in [0.1, 0.15) is 0 Å². The summed E-state index contributed by atoms with van der Waals surface area (Å²) in [6.07, 6.45) is 5.29. The largest absolute Gasteiger partial charge is 0.381 e. The van der Waals surface area contributed by atoms with Gasteiger partial charge in [0.15, 0.2) is 5.96 Å². The molecule has 0 bridgehead atoms. The van der Waals surface area contributed by atoms with E-state index in [2.05, 4.69) is 46.8 Å². The highest BCUT2D eigenvalue weighted by molar-refractivity contribution is 5.79. The molecular weight excluding hydrogens is 378 g/mol. The van der Waals surface area contributed by atoms with Gasteiger partial charge >= 0.3 is 0 Å². The summed E-state index contributed by atoms with van der Waals surface area (Å²) in [5.41, 5.74) is 2.87. The van der Waals surface area contributed by atoms with Crippen molar-refractivity contribution in [1.82, 2.24) is 10.6 Å². The van der Waals surface area contributed by atoms with E-state index in [4.69, 9.17) is 14.2 Å². The summed E-state index contributed by atoms with van der Waals surface area (Å²) in [4.78, 5) is 4.42. The van der Waals surface area contributed by atoms with Gasteiger partial charge in [0.2, 0.25) is 0 Å². The van der Waals surface area contributed by atoms with Crippen molar-refractivity contribution < 1.29 is 14.2 Å². The molecule has 6 heteroatoms. The molecule has 0 spiro atoms. The zero-order valence-electron chi connectivity index (χ0n) is 18.8. The minimum Gasteiger partial charge on any atom is -0.381 e. The molecular formula is C24H39N3O3. The summed E-state index contributed by atoms with van der Waals surface area (Å²) in [6, 6.07) is 8.74. The zero-order chi connectivity index (χ0) is 21.1. The van der Waals surface area contributed by atoms with Crippen LogP contribution in [0.1, 0.15) is 43.2 Å². The van der Waals surface area contributed by atoms with Crippen LogP contribution in [0.4, 0.5) is 0 Å². The number of ether oxygens (including phenoxy) is 3. The Labute approximate surface area is 181 Å². The van der Waals surface area contributed by atoms with Crippen LogP contribution < -0.4 is 10.6 Å². The van der Waals surface area contributed by atoms with Crippen molar-refractivity contribution in [1.29, 1.82) is 0 Å². The normalized spacial score (nSPS) is 20.1. The summed E-state index contributed by atoms with van der Waals surface area (Å²) < 4.78 is 16.9. The molecule has 30 heavy (non-hydrogen) atoms. The van der Waals surface area contributed by atoms with Crippen molar-refractivity contribution in [2.45, 2.75) is 44.4 Å². The van der Waals surface area contributed by atoms with Crippen LogP contribution in [0.5, 0.6) is 0 Å². The molecule has 0 aliphatic carbocycles. The minimum absolute atomic E-state index is 0.0913. The molecule has 2 fully saturated rings. The lowest BCUT2D eigenvalue weighted by Crippen LogP contribution is -2.48. The topological polar surface area (TPSA) is 64.1 Å². The highest BCUT2D eigenvalue weighted by atomic mass is 16.5. The van der Waals surface area contributed by atoms with Gasteiger partial charge in [0.25, 0.3) is 0 Å². The van der Waals surface area contributed by atoms with Gasteiger partial charge in [0, 0.05) is 65.2 Å². The van der Waals surface area contributed by atoms with Crippen LogP contribution in [0.15, 0.2) is 29.3 Å². The molecule has 2 aliphatic heterocycles. The Morgan fingerprint density at radius 3 is 2.57 bits per heavy atom. The third kappa shape index (κ3) is 6.69. The van der Waals surface area contributed by atoms with Gasteiger partial charge in [-0.05, 0) is 56.1 Å². The summed E-state index contributed by atoms with van der Waals surface area (Å²) in [7, 11) is 1.83. The third-order valence-corrected chi connectivity index (χ3v) is 6.44. The predicted molar refractivity (Wildman–Crippen MR) is 121 cm³/mol. The summed E-state index contributed by atoms with van der Waals surface area (Å²) in [5, 5.41) is 7.02. The van der Waals surface area contributed by atoms with Gasteiger partial charge in [0.05, 0.1) is 0 Å². The van der Waals surface area contributed by atoms with Crippen molar-refractivity contribution in [3.05, 3.63) is 35.4 Å². The first-order valence-corrected chi connectivity index (χ1v) is 11.5. The van der Waals surface area contributed by atoms with E-state index < -0.39 is 0 Å². The van der Waals surface area contributed by atoms with Crippen molar-refractivity contribution in [2.24, 2.45) is 10.9 Å². The molecule has 2 saturated heterocycles. The van der Waals surface area contributed by atoms with Gasteiger partial charge in [-0.25, -0.2) is 0 Å². The molecule has 0 radical (unpaired) electrons. The van der Waals surface area contributed by atoms with E-state index in [-0.39, 0.29) is 5.41 Å². The standard InChI is InChI=1S/C24H39N3O3/c1-20-6-3-4-7-22(20)24(10-16-29-17-11-24)19-27-23(25-2)26-12-5-13-30-18-21-8-14-28-15-9-21/h3-4,6-7,21H,5,8-19H2,1-2H3,(H2,25,26,27). The van der Waals surface area contributed by atoms with Gasteiger partial charge in [-0.2, -0.15) is 0 Å². The van der Waals surface area contributed by atoms with Gasteiger partial charge < -0.3 is 24.8 Å². The second-order valence-corrected chi connectivity index (χ2v) is 8.54. The molecule has 2 heterocycles. The highest BCUT2D eigenvalue weighted by Gasteiger charge is 2.35. The Hall–Kier alpha value is -1.63. The number of aryl methyl sites for hydroxylation is 1. The van der Waals surface area contributed by atoms with Crippen LogP contribution in [0, 0.1) is 12.8 Å². The highest BCUT2D eigenvalue weighted by Crippen LogP contribution is 2.36. The van der Waals surface area contributed by atoms with Crippen LogP contribution in [-0.2, 0) is 19.6 Å². The maximum Gasteiger partial charge on any atom is 0.191 e. The molecule has 2 N–H and O–H groups in total. The average Bonchev–Trinajstić information content (AvgIpc) is 2.79. The number of nitrogens with zero attached hydrogens (tertiary/aromatic N) is 1. The average molecular weight is 418 g/mol. The first-order chi connectivity index (χ1) is 14.7. The molecule has 1 aromatic rings. The van der Waals surface area contributed by atoms with Crippen LogP contribution in [-0.4, -0.2) is 65.7 Å². The maximum atomic E-state index is 5.86. The molecule has 0 aromatic heterocycles. The Morgan fingerprint density at radius 1 is 1.10 bits per heavy atom. The number of nitrogens with one attached hydrogen (secondary N) is 2. The number of aliphatic imine (C=N–C) groups is 1. The second kappa shape index (κ2) is 12.3. The molecule has 2 aliphatic rings. The summed E-state index contributed by atoms with van der Waals surface area (Å²) in [5.74, 6) is 1.53. The predicted octanol–water partition coefficient (Wildman–Crippen LogP) is 3.04. The van der Waals surface area contributed by atoms with Crippen molar-refractivity contribution in [3.63, 3.8) is 0 Å². The van der Waals surface area contributed by atoms with E-state index >= 15 is 0 Å². The van der Waals surface area contributed by atoms with Crippen molar-refractivity contribution in [3.8, 4) is 0 Å². The SMILES string of the molecule is CN=C(NCCCOCC1CCOCC1)NCC1(c2ccccc2C)CCOCC1. The van der Waals surface area contributed by atoms with Crippen LogP contribution in [0.25, 0.3) is 0 Å². The number of guanidine groups is 1. The number of rotatable bonds is 9. The van der Waals surface area contributed by atoms with E-state index in [1.807, 2.05) is 7.05 Å². The summed E-state index contributed by atoms with van der Waals surface area (Å²) >= 11 is 0. The molecule has 168 valence electrons. The van der Waals surface area contributed by atoms with E-state index in [0.29, 0.717) is 5.92 Å². The molecule has 0 atom stereocenters. The number of benzene rings is 1. The van der Waals surface area contributed by atoms with Gasteiger partial charge in [-0.15, -0.1) is 0 Å². The Bertz CT molecular complexity index is 653. The minimum atomic E-state index is 0.0913. The maximum absolute atomic E-state index is 5.86. The smallest absolute Gasteiger partial charge is 0.191 e. The number of hydrogen-bond acceptors (Lipinski definition) is 4. The fourth-order valence-corrected chi connectivity index (χ4v) is 4.49. The van der Waals surface area contributed by atoms with Gasteiger partial charge in [-0.3, -0.25) is 4.99 Å². The van der Waals surface area contributed by atoms with Crippen LogP contribution >= 0.6 is 0 Å². The Morgan fingerprint density at radius 2 is 1.83 bits per heavy atom. The lowest BCUT2D eigenvalue weighted by atomic mass is 9.72. The molecule has 0 unspecified atom stereocenters. The molecule has 3 rings (SSSR count). The van der Waals surface area contributed by atoms with Crippen molar-refractivity contribution in [2.75, 3.05) is 59.8 Å². The lowest BCUT2D eigenvalue weighted by molar-refractivity contribution is 0.0203. The third-order valence-electron chi connectivity index (χ3n) is 6.44. The van der Waals surface area contributed by atoms with Crippen molar-refractivity contribution >= 4 is 5.96 Å².